The number of hydrogen-bond acceptors (Lipinski definition) is 4. The number of nitrogens with zero attached hydrogens (tertiary/aromatic N) is 2. The molecule has 0 spiro atoms. The number of aromatic nitrogens is 2. The third kappa shape index (κ3) is 5.01. The predicted octanol–water partition coefficient (Wildman–Crippen LogP) is 3.34. The molecule has 1 heterocycles. The first-order chi connectivity index (χ1) is 12.2. The maximum atomic E-state index is 11.9. The summed E-state index contributed by atoms with van der Waals surface area (Å²) in [5.41, 5.74) is 3.25. The normalized spacial score (nSPS) is 10.6. The molecule has 0 aliphatic heterocycles. The van der Waals surface area contributed by atoms with Crippen molar-refractivity contribution < 1.29 is 9.21 Å². The zero-order valence-corrected chi connectivity index (χ0v) is 14.2. The van der Waals surface area contributed by atoms with Crippen LogP contribution in [0.25, 0.3) is 11.5 Å². The van der Waals surface area contributed by atoms with Crippen LogP contribution < -0.4 is 5.32 Å². The molecule has 3 rings (SSSR count). The Kier molecular flexibility index (Phi) is 5.57. The average Bonchev–Trinajstić information content (AvgIpc) is 3.10. The van der Waals surface area contributed by atoms with Gasteiger partial charge in [0.25, 0.3) is 0 Å². The van der Waals surface area contributed by atoms with Gasteiger partial charge in [0.05, 0.1) is 0 Å². The fraction of sp³-hybridized carbons (Fsp3) is 0.250. The van der Waals surface area contributed by atoms with Crippen LogP contribution in [-0.2, 0) is 17.6 Å². The predicted molar refractivity (Wildman–Crippen MR) is 95.9 cm³/mol. The Morgan fingerprint density at radius 2 is 1.76 bits per heavy atom. The Labute approximate surface area is 147 Å². The minimum atomic E-state index is 0.0297. The van der Waals surface area contributed by atoms with Crippen molar-refractivity contribution in [3.05, 3.63) is 71.6 Å². The van der Waals surface area contributed by atoms with Crippen molar-refractivity contribution in [3.8, 4) is 11.5 Å². The molecule has 5 nitrogen and oxygen atoms in total. The second-order valence-corrected chi connectivity index (χ2v) is 5.95. The highest BCUT2D eigenvalue weighted by Gasteiger charge is 2.09. The third-order valence-corrected chi connectivity index (χ3v) is 3.91. The molecule has 1 amide bonds. The van der Waals surface area contributed by atoms with E-state index in [2.05, 4.69) is 15.5 Å². The molecular weight excluding hydrogens is 314 g/mol. The van der Waals surface area contributed by atoms with Crippen LogP contribution in [0, 0.1) is 6.92 Å². The Morgan fingerprint density at radius 1 is 1.00 bits per heavy atom. The summed E-state index contributed by atoms with van der Waals surface area (Å²) in [5, 5.41) is 11.0. The SMILES string of the molecule is Cc1ccc(-c2nnc(CCNC(=O)CCc3ccccc3)o2)cc1. The molecule has 0 aliphatic carbocycles. The number of carbonyl (C=O) groups is 1. The number of amides is 1. The van der Waals surface area contributed by atoms with E-state index in [-0.39, 0.29) is 5.91 Å². The molecule has 3 aromatic rings. The molecule has 5 heteroatoms. The maximum Gasteiger partial charge on any atom is 0.247 e. The van der Waals surface area contributed by atoms with Crippen molar-refractivity contribution in [1.82, 2.24) is 15.5 Å². The van der Waals surface area contributed by atoms with Crippen molar-refractivity contribution in [1.29, 1.82) is 0 Å². The van der Waals surface area contributed by atoms with Crippen molar-refractivity contribution in [3.63, 3.8) is 0 Å². The molecule has 25 heavy (non-hydrogen) atoms. The van der Waals surface area contributed by atoms with Gasteiger partial charge in [0, 0.05) is 24.9 Å². The van der Waals surface area contributed by atoms with Gasteiger partial charge >= 0.3 is 0 Å². The quantitative estimate of drug-likeness (QED) is 0.719. The van der Waals surface area contributed by atoms with Gasteiger partial charge in [-0.05, 0) is 31.0 Å². The minimum Gasteiger partial charge on any atom is -0.421 e. The molecule has 0 saturated heterocycles. The number of benzene rings is 2. The molecule has 1 N–H and O–H groups in total. The summed E-state index contributed by atoms with van der Waals surface area (Å²) in [7, 11) is 0. The summed E-state index contributed by atoms with van der Waals surface area (Å²) in [6, 6.07) is 17.9. The van der Waals surface area contributed by atoms with Crippen molar-refractivity contribution in [2.45, 2.75) is 26.2 Å². The van der Waals surface area contributed by atoms with E-state index < -0.39 is 0 Å². The van der Waals surface area contributed by atoms with Crippen molar-refractivity contribution in [2.75, 3.05) is 6.54 Å². The first-order valence-electron chi connectivity index (χ1n) is 8.41. The van der Waals surface area contributed by atoms with Gasteiger partial charge in [-0.2, -0.15) is 0 Å². The first-order valence-corrected chi connectivity index (χ1v) is 8.41. The molecule has 1 aromatic heterocycles. The fourth-order valence-electron chi connectivity index (χ4n) is 2.47. The van der Waals surface area contributed by atoms with Gasteiger partial charge in [0.1, 0.15) is 0 Å². The topological polar surface area (TPSA) is 68.0 Å². The maximum absolute atomic E-state index is 11.9. The fourth-order valence-corrected chi connectivity index (χ4v) is 2.47. The number of aryl methyl sites for hydroxylation is 2. The Morgan fingerprint density at radius 3 is 2.52 bits per heavy atom. The van der Waals surface area contributed by atoms with E-state index >= 15 is 0 Å². The summed E-state index contributed by atoms with van der Waals surface area (Å²) in [6.45, 7) is 2.52. The Bertz CT molecular complexity index is 810. The molecule has 0 saturated carbocycles. The van der Waals surface area contributed by atoms with E-state index in [1.165, 1.54) is 5.56 Å². The lowest BCUT2D eigenvalue weighted by Crippen LogP contribution is -2.25. The summed E-state index contributed by atoms with van der Waals surface area (Å²) in [4.78, 5) is 11.9. The molecule has 2 aromatic carbocycles. The van der Waals surface area contributed by atoms with Crippen molar-refractivity contribution >= 4 is 5.91 Å². The Balaban J connectivity index is 1.43. The zero-order valence-electron chi connectivity index (χ0n) is 14.2. The van der Waals surface area contributed by atoms with E-state index in [0.717, 1.165) is 17.5 Å². The summed E-state index contributed by atoms with van der Waals surface area (Å²) >= 11 is 0. The molecule has 0 fully saturated rings. The monoisotopic (exact) mass is 335 g/mol. The highest BCUT2D eigenvalue weighted by Crippen LogP contribution is 2.18. The highest BCUT2D eigenvalue weighted by atomic mass is 16.4. The molecule has 0 atom stereocenters. The van der Waals surface area contributed by atoms with Gasteiger partial charge in [0.2, 0.25) is 17.7 Å². The highest BCUT2D eigenvalue weighted by molar-refractivity contribution is 5.76. The lowest BCUT2D eigenvalue weighted by atomic mass is 10.1. The van der Waals surface area contributed by atoms with Crippen LogP contribution in [0.1, 0.15) is 23.4 Å². The molecule has 0 unspecified atom stereocenters. The summed E-state index contributed by atoms with van der Waals surface area (Å²) < 4.78 is 5.65. The third-order valence-electron chi connectivity index (χ3n) is 3.91. The van der Waals surface area contributed by atoms with Crippen molar-refractivity contribution in [2.24, 2.45) is 0 Å². The zero-order chi connectivity index (χ0) is 17.5. The van der Waals surface area contributed by atoms with Gasteiger partial charge in [-0.1, -0.05) is 48.0 Å². The van der Waals surface area contributed by atoms with Crippen LogP contribution in [-0.4, -0.2) is 22.6 Å². The van der Waals surface area contributed by atoms with E-state index in [9.17, 15) is 4.79 Å². The molecular formula is C20H21N3O2. The van der Waals surface area contributed by atoms with Crippen LogP contribution in [0.5, 0.6) is 0 Å². The number of carbonyl (C=O) groups excluding carboxylic acids is 1. The van der Waals surface area contributed by atoms with Crippen LogP contribution in [0.15, 0.2) is 59.0 Å². The van der Waals surface area contributed by atoms with Crippen LogP contribution in [0.3, 0.4) is 0 Å². The van der Waals surface area contributed by atoms with Gasteiger partial charge in [-0.3, -0.25) is 4.79 Å². The minimum absolute atomic E-state index is 0.0297. The number of hydrogen-bond donors (Lipinski definition) is 1. The molecule has 0 aliphatic rings. The average molecular weight is 335 g/mol. The van der Waals surface area contributed by atoms with Crippen LogP contribution in [0.4, 0.5) is 0 Å². The lowest BCUT2D eigenvalue weighted by molar-refractivity contribution is -0.121. The van der Waals surface area contributed by atoms with E-state index in [1.54, 1.807) is 0 Å². The number of rotatable bonds is 7. The lowest BCUT2D eigenvalue weighted by Gasteiger charge is -2.03. The van der Waals surface area contributed by atoms with E-state index in [0.29, 0.717) is 31.2 Å². The van der Waals surface area contributed by atoms with Crippen LogP contribution >= 0.6 is 0 Å². The largest absolute Gasteiger partial charge is 0.421 e. The van der Waals surface area contributed by atoms with E-state index in [4.69, 9.17) is 4.42 Å². The summed E-state index contributed by atoms with van der Waals surface area (Å²) in [5.74, 6) is 1.06. The smallest absolute Gasteiger partial charge is 0.247 e. The summed E-state index contributed by atoms with van der Waals surface area (Å²) in [6.07, 6.45) is 1.74. The van der Waals surface area contributed by atoms with Gasteiger partial charge in [-0.25, -0.2) is 0 Å². The van der Waals surface area contributed by atoms with Crippen LogP contribution in [0.2, 0.25) is 0 Å². The first kappa shape index (κ1) is 16.9. The van der Waals surface area contributed by atoms with E-state index in [1.807, 2.05) is 61.5 Å². The molecule has 0 bridgehead atoms. The second-order valence-electron chi connectivity index (χ2n) is 5.95. The Hall–Kier alpha value is -2.95. The van der Waals surface area contributed by atoms with Gasteiger partial charge in [0.15, 0.2) is 0 Å². The van der Waals surface area contributed by atoms with Gasteiger partial charge in [-0.15, -0.1) is 10.2 Å². The number of nitrogens with one attached hydrogen (secondary N) is 1. The molecule has 0 radical (unpaired) electrons. The second kappa shape index (κ2) is 8.24. The standard InChI is InChI=1S/C20H21N3O2/c1-15-7-10-17(11-8-15)20-23-22-19(25-20)13-14-21-18(24)12-9-16-5-3-2-4-6-16/h2-8,10-11H,9,12-14H2,1H3,(H,21,24). The van der Waals surface area contributed by atoms with Gasteiger partial charge < -0.3 is 9.73 Å². The molecule has 128 valence electrons.